The van der Waals surface area contributed by atoms with Crippen LogP contribution in [0.3, 0.4) is 0 Å². The lowest BCUT2D eigenvalue weighted by molar-refractivity contribution is -0.134. The van der Waals surface area contributed by atoms with Crippen molar-refractivity contribution in [3.8, 4) is 11.4 Å². The molecule has 10 heteroatoms. The van der Waals surface area contributed by atoms with E-state index < -0.39 is 0 Å². The highest BCUT2D eigenvalue weighted by molar-refractivity contribution is 7.99. The van der Waals surface area contributed by atoms with Gasteiger partial charge in [-0.25, -0.2) is 0 Å². The molecule has 0 aliphatic rings. The third-order valence-electron chi connectivity index (χ3n) is 4.37. The van der Waals surface area contributed by atoms with Gasteiger partial charge in [0.2, 0.25) is 11.8 Å². The summed E-state index contributed by atoms with van der Waals surface area (Å²) in [6.45, 7) is 10.1. The monoisotopic (exact) mass is 448 g/mol. The van der Waals surface area contributed by atoms with Crippen LogP contribution in [0.1, 0.15) is 34.1 Å². The van der Waals surface area contributed by atoms with Crippen LogP contribution in [0.2, 0.25) is 0 Å². The molecule has 0 fully saturated rings. The minimum atomic E-state index is -0.158. The molecule has 0 unspecified atom stereocenters. The number of hydrogen-bond acceptors (Lipinski definition) is 7. The first-order valence-electron chi connectivity index (χ1n) is 10.6. The maximum absolute atomic E-state index is 12.7. The van der Waals surface area contributed by atoms with Crippen LogP contribution in [-0.2, 0) is 20.9 Å². The minimum absolute atomic E-state index is 0.0394. The molecule has 0 spiro atoms. The molecular formula is C21H32N6O3S. The topological polar surface area (TPSA) is 102 Å². The third kappa shape index (κ3) is 7.95. The highest BCUT2D eigenvalue weighted by Crippen LogP contribution is 2.24. The summed E-state index contributed by atoms with van der Waals surface area (Å²) in [5.74, 6) is 0.649. The molecule has 2 aromatic heterocycles. The number of rotatable bonds is 13. The Kier molecular flexibility index (Phi) is 10.5. The SMILES string of the molecule is CCOCCCn1c(SCC(=O)N(CC)CC(=O)NC(C)C)nnc1-c1ccncc1. The van der Waals surface area contributed by atoms with E-state index in [0.717, 1.165) is 17.8 Å². The van der Waals surface area contributed by atoms with Crippen molar-refractivity contribution in [2.24, 2.45) is 0 Å². The van der Waals surface area contributed by atoms with Crippen LogP contribution < -0.4 is 5.32 Å². The molecule has 0 aromatic carbocycles. The summed E-state index contributed by atoms with van der Waals surface area (Å²) in [7, 11) is 0. The summed E-state index contributed by atoms with van der Waals surface area (Å²) in [6.07, 6.45) is 4.24. The Morgan fingerprint density at radius 2 is 1.97 bits per heavy atom. The second-order valence-corrected chi connectivity index (χ2v) is 8.11. The number of amides is 2. The number of likely N-dealkylation sites (N-methyl/N-ethyl adjacent to an activating group) is 1. The number of carbonyl (C=O) groups is 2. The highest BCUT2D eigenvalue weighted by atomic mass is 32.2. The molecule has 2 rings (SSSR count). The van der Waals surface area contributed by atoms with Crippen LogP contribution in [0.5, 0.6) is 0 Å². The van der Waals surface area contributed by atoms with Crippen LogP contribution in [0.25, 0.3) is 11.4 Å². The van der Waals surface area contributed by atoms with Gasteiger partial charge in [-0.2, -0.15) is 0 Å². The molecule has 1 N–H and O–H groups in total. The van der Waals surface area contributed by atoms with Gasteiger partial charge >= 0.3 is 0 Å². The van der Waals surface area contributed by atoms with Gasteiger partial charge in [0.15, 0.2) is 11.0 Å². The Morgan fingerprint density at radius 3 is 2.61 bits per heavy atom. The number of aromatic nitrogens is 4. The number of nitrogens with zero attached hydrogens (tertiary/aromatic N) is 5. The maximum atomic E-state index is 12.7. The van der Waals surface area contributed by atoms with Crippen LogP contribution in [-0.4, -0.2) is 74.6 Å². The molecule has 2 aromatic rings. The molecule has 9 nitrogen and oxygen atoms in total. The van der Waals surface area contributed by atoms with Gasteiger partial charge in [-0.05, 0) is 46.2 Å². The summed E-state index contributed by atoms with van der Waals surface area (Å²) in [5.41, 5.74) is 0.914. The predicted octanol–water partition coefficient (Wildman–Crippen LogP) is 2.23. The van der Waals surface area contributed by atoms with Crippen LogP contribution >= 0.6 is 11.8 Å². The average molecular weight is 449 g/mol. The van der Waals surface area contributed by atoms with Gasteiger partial charge in [-0.15, -0.1) is 10.2 Å². The molecule has 0 bridgehead atoms. The molecule has 2 amide bonds. The smallest absolute Gasteiger partial charge is 0.239 e. The molecule has 0 aliphatic heterocycles. The highest BCUT2D eigenvalue weighted by Gasteiger charge is 2.19. The Hall–Kier alpha value is -2.46. The van der Waals surface area contributed by atoms with E-state index in [-0.39, 0.29) is 30.2 Å². The fourth-order valence-corrected chi connectivity index (χ4v) is 3.78. The van der Waals surface area contributed by atoms with E-state index in [0.29, 0.717) is 31.5 Å². The van der Waals surface area contributed by atoms with E-state index in [1.807, 2.05) is 44.4 Å². The van der Waals surface area contributed by atoms with Crippen LogP contribution in [0.4, 0.5) is 0 Å². The molecule has 0 saturated carbocycles. The first-order chi connectivity index (χ1) is 15.0. The quantitative estimate of drug-likeness (QED) is 0.370. The van der Waals surface area contributed by atoms with Gasteiger partial charge in [0.1, 0.15) is 0 Å². The number of nitrogens with one attached hydrogen (secondary N) is 1. The normalized spacial score (nSPS) is 11.0. The lowest BCUT2D eigenvalue weighted by atomic mass is 10.2. The Morgan fingerprint density at radius 1 is 1.23 bits per heavy atom. The lowest BCUT2D eigenvalue weighted by Gasteiger charge is -2.21. The van der Waals surface area contributed by atoms with E-state index in [1.165, 1.54) is 11.8 Å². The number of hydrogen-bond donors (Lipinski definition) is 1. The molecule has 0 atom stereocenters. The molecule has 0 radical (unpaired) electrons. The summed E-state index contributed by atoms with van der Waals surface area (Å²) >= 11 is 1.33. The van der Waals surface area contributed by atoms with Crippen molar-refractivity contribution in [3.63, 3.8) is 0 Å². The fourth-order valence-electron chi connectivity index (χ4n) is 2.92. The zero-order valence-electron chi connectivity index (χ0n) is 18.7. The van der Waals surface area contributed by atoms with Gasteiger partial charge < -0.3 is 19.5 Å². The Labute approximate surface area is 188 Å². The standard InChI is InChI=1S/C21H32N6O3S/c1-5-26(14-18(28)23-16(3)4)19(29)15-31-21-25-24-20(17-8-10-22-11-9-17)27(21)12-7-13-30-6-2/h8-11,16H,5-7,12-15H2,1-4H3,(H,23,28). The second-order valence-electron chi connectivity index (χ2n) is 7.16. The number of ether oxygens (including phenoxy) is 1. The van der Waals surface area contributed by atoms with Crippen molar-refractivity contribution in [3.05, 3.63) is 24.5 Å². The van der Waals surface area contributed by atoms with E-state index in [4.69, 9.17) is 4.74 Å². The number of pyridine rings is 1. The molecule has 31 heavy (non-hydrogen) atoms. The lowest BCUT2D eigenvalue weighted by Crippen LogP contribution is -2.43. The van der Waals surface area contributed by atoms with Gasteiger partial charge in [-0.3, -0.25) is 14.6 Å². The molecule has 0 saturated heterocycles. The minimum Gasteiger partial charge on any atom is -0.382 e. The van der Waals surface area contributed by atoms with Gasteiger partial charge in [0, 0.05) is 50.3 Å². The van der Waals surface area contributed by atoms with E-state index in [2.05, 4.69) is 20.5 Å². The van der Waals surface area contributed by atoms with Crippen molar-refractivity contribution in [1.82, 2.24) is 30.0 Å². The zero-order chi connectivity index (χ0) is 22.6. The van der Waals surface area contributed by atoms with Crippen molar-refractivity contribution in [2.45, 2.75) is 51.9 Å². The van der Waals surface area contributed by atoms with E-state index >= 15 is 0 Å². The molecular weight excluding hydrogens is 416 g/mol. The van der Waals surface area contributed by atoms with Crippen LogP contribution in [0.15, 0.2) is 29.7 Å². The fraction of sp³-hybridized carbons (Fsp3) is 0.571. The molecule has 170 valence electrons. The molecule has 2 heterocycles. The van der Waals surface area contributed by atoms with Crippen molar-refractivity contribution < 1.29 is 14.3 Å². The summed E-state index contributed by atoms with van der Waals surface area (Å²) in [4.78, 5) is 30.3. The first-order valence-corrected chi connectivity index (χ1v) is 11.6. The van der Waals surface area contributed by atoms with E-state index in [9.17, 15) is 9.59 Å². The molecule has 0 aliphatic carbocycles. The third-order valence-corrected chi connectivity index (χ3v) is 5.32. The number of thioether (sulfide) groups is 1. The van der Waals surface area contributed by atoms with Gasteiger partial charge in [0.05, 0.1) is 12.3 Å². The zero-order valence-corrected chi connectivity index (χ0v) is 19.5. The summed E-state index contributed by atoms with van der Waals surface area (Å²) < 4.78 is 7.46. The summed E-state index contributed by atoms with van der Waals surface area (Å²) in [6, 6.07) is 3.81. The Bertz CT molecular complexity index is 828. The second kappa shape index (κ2) is 13.1. The Balaban J connectivity index is 2.07. The summed E-state index contributed by atoms with van der Waals surface area (Å²) in [5, 5.41) is 12.1. The van der Waals surface area contributed by atoms with Crippen molar-refractivity contribution in [2.75, 3.05) is 32.1 Å². The average Bonchev–Trinajstić information content (AvgIpc) is 3.16. The van der Waals surface area contributed by atoms with Crippen LogP contribution in [0, 0.1) is 0 Å². The van der Waals surface area contributed by atoms with E-state index in [1.54, 1.807) is 17.3 Å². The number of carbonyl (C=O) groups excluding carboxylic acids is 2. The maximum Gasteiger partial charge on any atom is 0.239 e. The predicted molar refractivity (Wildman–Crippen MR) is 121 cm³/mol. The first kappa shape index (κ1) is 24.8. The van der Waals surface area contributed by atoms with Crippen molar-refractivity contribution >= 4 is 23.6 Å². The van der Waals surface area contributed by atoms with Gasteiger partial charge in [-0.1, -0.05) is 11.8 Å². The van der Waals surface area contributed by atoms with Gasteiger partial charge in [0.25, 0.3) is 0 Å². The van der Waals surface area contributed by atoms with Crippen molar-refractivity contribution in [1.29, 1.82) is 0 Å². The largest absolute Gasteiger partial charge is 0.382 e.